The van der Waals surface area contributed by atoms with Crippen LogP contribution in [-0.2, 0) is 19.5 Å². The van der Waals surface area contributed by atoms with E-state index in [9.17, 15) is 0 Å². The van der Waals surface area contributed by atoms with Crippen LogP contribution in [0.2, 0.25) is 0 Å². The number of likely N-dealkylation sites (tertiary alicyclic amines) is 1. The summed E-state index contributed by atoms with van der Waals surface area (Å²) in [4.78, 5) is 7.36. The number of imidazole rings is 1. The van der Waals surface area contributed by atoms with Crippen molar-refractivity contribution in [3.63, 3.8) is 0 Å². The highest BCUT2D eigenvalue weighted by Gasteiger charge is 2.48. The van der Waals surface area contributed by atoms with Crippen molar-refractivity contribution < 1.29 is 4.57 Å². The Morgan fingerprint density at radius 2 is 2.14 bits per heavy atom. The Hall–Kier alpha value is -1.42. The van der Waals surface area contributed by atoms with E-state index in [1.807, 2.05) is 0 Å². The smallest absolute Gasteiger partial charge is 0.301 e. The molecule has 0 radical (unpaired) electrons. The molecule has 4 heteroatoms. The molecule has 1 saturated heterocycles. The first kappa shape index (κ1) is 13.3. The number of aryl methyl sites for hydroxylation is 2. The van der Waals surface area contributed by atoms with Crippen molar-refractivity contribution in [2.75, 3.05) is 13.6 Å². The van der Waals surface area contributed by atoms with E-state index in [1.165, 1.54) is 49.7 Å². The Morgan fingerprint density at radius 1 is 1.29 bits per heavy atom. The van der Waals surface area contributed by atoms with Gasteiger partial charge in [0, 0.05) is 11.5 Å². The lowest BCUT2D eigenvalue weighted by atomic mass is 9.66. The molecule has 0 spiro atoms. The predicted molar refractivity (Wildman–Crippen MR) is 83.1 cm³/mol. The van der Waals surface area contributed by atoms with E-state index in [2.05, 4.69) is 53.8 Å². The number of aromatic nitrogens is 3. The SMILES string of the molecule is CN1CCC2(c3cnc4c(c3)n(C)c[n+]4C)CCCCC12. The summed E-state index contributed by atoms with van der Waals surface area (Å²) in [7, 11) is 6.48. The topological polar surface area (TPSA) is 24.9 Å². The molecule has 2 aromatic rings. The van der Waals surface area contributed by atoms with Gasteiger partial charge >= 0.3 is 5.65 Å². The minimum Gasteiger partial charge on any atom is -0.302 e. The zero-order valence-electron chi connectivity index (χ0n) is 13.3. The zero-order chi connectivity index (χ0) is 14.6. The molecule has 0 amide bonds. The third-order valence-corrected chi connectivity index (χ3v) is 5.91. The Labute approximate surface area is 126 Å². The van der Waals surface area contributed by atoms with E-state index in [-0.39, 0.29) is 0 Å². The molecule has 4 nitrogen and oxygen atoms in total. The minimum atomic E-state index is 0.344. The van der Waals surface area contributed by atoms with Gasteiger partial charge < -0.3 is 4.90 Å². The summed E-state index contributed by atoms with van der Waals surface area (Å²) >= 11 is 0. The lowest BCUT2D eigenvalue weighted by Gasteiger charge is -2.41. The summed E-state index contributed by atoms with van der Waals surface area (Å²) in [6.07, 6.45) is 11.0. The Morgan fingerprint density at radius 3 is 3.00 bits per heavy atom. The Kier molecular flexibility index (Phi) is 2.86. The highest BCUT2D eigenvalue weighted by molar-refractivity contribution is 5.68. The van der Waals surface area contributed by atoms with Gasteiger partial charge in [0.1, 0.15) is 6.20 Å². The Bertz CT molecular complexity index is 685. The number of rotatable bonds is 1. The fraction of sp³-hybridized carbons (Fsp3) is 0.647. The second kappa shape index (κ2) is 4.54. The standard InChI is InChI=1S/C17H25N4/c1-19-9-8-17(7-5-4-6-15(17)19)13-10-14-16(18-11-13)21(3)12-20(14)2/h10-12,15H,4-9H2,1-3H3/q+1. The summed E-state index contributed by atoms with van der Waals surface area (Å²) < 4.78 is 4.30. The monoisotopic (exact) mass is 285 g/mol. The summed E-state index contributed by atoms with van der Waals surface area (Å²) in [5.41, 5.74) is 4.14. The Balaban J connectivity index is 1.86. The molecule has 3 heterocycles. The molecule has 2 aliphatic rings. The fourth-order valence-corrected chi connectivity index (χ4v) is 4.79. The van der Waals surface area contributed by atoms with Crippen molar-refractivity contribution in [1.29, 1.82) is 0 Å². The highest BCUT2D eigenvalue weighted by Crippen LogP contribution is 2.48. The van der Waals surface area contributed by atoms with Crippen LogP contribution in [0.4, 0.5) is 0 Å². The first-order chi connectivity index (χ1) is 10.1. The van der Waals surface area contributed by atoms with Gasteiger partial charge in [-0.1, -0.05) is 12.8 Å². The van der Waals surface area contributed by atoms with Crippen molar-refractivity contribution in [2.24, 2.45) is 14.1 Å². The molecule has 1 aliphatic heterocycles. The van der Waals surface area contributed by atoms with E-state index in [4.69, 9.17) is 4.98 Å². The lowest BCUT2D eigenvalue weighted by molar-refractivity contribution is -0.647. The third-order valence-electron chi connectivity index (χ3n) is 5.91. The summed E-state index contributed by atoms with van der Waals surface area (Å²) in [6, 6.07) is 3.11. The molecule has 2 aromatic heterocycles. The quantitative estimate of drug-likeness (QED) is 0.748. The van der Waals surface area contributed by atoms with E-state index >= 15 is 0 Å². The van der Waals surface area contributed by atoms with Gasteiger partial charge in [-0.15, -0.1) is 4.98 Å². The average Bonchev–Trinajstić information content (AvgIpc) is 2.99. The van der Waals surface area contributed by atoms with Crippen molar-refractivity contribution in [3.05, 3.63) is 24.2 Å². The molecule has 21 heavy (non-hydrogen) atoms. The van der Waals surface area contributed by atoms with Crippen LogP contribution in [0.3, 0.4) is 0 Å². The molecule has 0 aromatic carbocycles. The van der Waals surface area contributed by atoms with Crippen molar-refractivity contribution >= 4 is 11.2 Å². The first-order valence-corrected chi connectivity index (χ1v) is 8.13. The van der Waals surface area contributed by atoms with Gasteiger partial charge in [-0.2, -0.15) is 0 Å². The number of hydrogen-bond donors (Lipinski definition) is 0. The van der Waals surface area contributed by atoms with Crippen LogP contribution in [-0.4, -0.2) is 34.1 Å². The van der Waals surface area contributed by atoms with E-state index in [1.54, 1.807) is 0 Å². The van der Waals surface area contributed by atoms with Gasteiger partial charge in [0.15, 0.2) is 11.8 Å². The maximum Gasteiger partial charge on any atom is 0.301 e. The van der Waals surface area contributed by atoms with E-state index < -0.39 is 0 Å². The second-order valence-corrected chi connectivity index (χ2v) is 7.05. The van der Waals surface area contributed by atoms with Crippen LogP contribution < -0.4 is 4.57 Å². The lowest BCUT2D eigenvalue weighted by Crippen LogP contribution is -2.43. The number of hydrogen-bond acceptors (Lipinski definition) is 2. The maximum atomic E-state index is 4.78. The second-order valence-electron chi connectivity index (χ2n) is 7.05. The van der Waals surface area contributed by atoms with Crippen molar-refractivity contribution in [3.8, 4) is 0 Å². The van der Waals surface area contributed by atoms with Gasteiger partial charge in [0.2, 0.25) is 0 Å². The molecular weight excluding hydrogens is 260 g/mol. The van der Waals surface area contributed by atoms with E-state index in [0.29, 0.717) is 11.5 Å². The first-order valence-electron chi connectivity index (χ1n) is 8.13. The minimum absolute atomic E-state index is 0.344. The van der Waals surface area contributed by atoms with Crippen LogP contribution >= 0.6 is 0 Å². The van der Waals surface area contributed by atoms with Gasteiger partial charge in [0.05, 0.1) is 14.1 Å². The maximum absolute atomic E-state index is 4.78. The van der Waals surface area contributed by atoms with Crippen LogP contribution in [0.5, 0.6) is 0 Å². The number of likely N-dealkylation sites (N-methyl/N-ethyl adjacent to an activating group) is 1. The molecule has 0 N–H and O–H groups in total. The molecule has 2 fully saturated rings. The molecule has 2 atom stereocenters. The molecule has 0 bridgehead atoms. The number of pyridine rings is 1. The molecular formula is C17H25N4+. The summed E-state index contributed by atoms with van der Waals surface area (Å²) in [6.45, 7) is 1.23. The fourth-order valence-electron chi connectivity index (χ4n) is 4.79. The van der Waals surface area contributed by atoms with Crippen LogP contribution in [0.1, 0.15) is 37.7 Å². The van der Waals surface area contributed by atoms with Gasteiger partial charge in [-0.3, -0.25) is 4.57 Å². The van der Waals surface area contributed by atoms with Crippen molar-refractivity contribution in [1.82, 2.24) is 14.5 Å². The molecule has 4 rings (SSSR count). The zero-order valence-corrected chi connectivity index (χ0v) is 13.3. The summed E-state index contributed by atoms with van der Waals surface area (Å²) in [5.74, 6) is 0. The largest absolute Gasteiger partial charge is 0.302 e. The van der Waals surface area contributed by atoms with Crippen molar-refractivity contribution in [2.45, 2.75) is 43.6 Å². The van der Waals surface area contributed by atoms with Crippen LogP contribution in [0.15, 0.2) is 18.6 Å². The highest BCUT2D eigenvalue weighted by atomic mass is 15.2. The van der Waals surface area contributed by atoms with Gasteiger partial charge in [-0.05, 0) is 44.5 Å². The van der Waals surface area contributed by atoms with Gasteiger partial charge in [-0.25, -0.2) is 4.57 Å². The van der Waals surface area contributed by atoms with Gasteiger partial charge in [0.25, 0.3) is 0 Å². The molecule has 2 unspecified atom stereocenters. The predicted octanol–water partition coefficient (Wildman–Crippen LogP) is 1.91. The van der Waals surface area contributed by atoms with E-state index in [0.717, 1.165) is 5.65 Å². The van der Waals surface area contributed by atoms with Crippen LogP contribution in [0.25, 0.3) is 11.2 Å². The number of fused-ring (bicyclic) bond motifs is 2. The number of nitrogens with zero attached hydrogens (tertiary/aromatic N) is 4. The summed E-state index contributed by atoms with van der Waals surface area (Å²) in [5, 5.41) is 0. The average molecular weight is 285 g/mol. The molecule has 1 saturated carbocycles. The van der Waals surface area contributed by atoms with Crippen LogP contribution in [0, 0.1) is 0 Å². The molecule has 1 aliphatic carbocycles. The third kappa shape index (κ3) is 1.78. The molecule has 112 valence electrons. The normalized spacial score (nSPS) is 30.0.